The predicted molar refractivity (Wildman–Crippen MR) is 86.8 cm³/mol. The highest BCUT2D eigenvalue weighted by Gasteiger charge is 2.23. The fourth-order valence-corrected chi connectivity index (χ4v) is 3.22. The molecule has 4 N–H and O–H groups in total. The Morgan fingerprint density at radius 2 is 1.19 bits per heavy atom. The Labute approximate surface area is 125 Å². The maximum absolute atomic E-state index is 12.7. The van der Waals surface area contributed by atoms with Crippen LogP contribution in [0.2, 0.25) is 0 Å². The fourth-order valence-electron chi connectivity index (χ4n) is 1.94. The zero-order valence-corrected chi connectivity index (χ0v) is 13.0. The van der Waals surface area contributed by atoms with E-state index in [2.05, 4.69) is 0 Å². The lowest BCUT2D eigenvalue weighted by Gasteiger charge is -2.13. The molecule has 4 nitrogen and oxygen atoms in total. The lowest BCUT2D eigenvalue weighted by Crippen LogP contribution is -2.30. The molecule has 0 saturated heterocycles. The van der Waals surface area contributed by atoms with Crippen LogP contribution >= 0.6 is 0 Å². The van der Waals surface area contributed by atoms with Crippen LogP contribution in [0.5, 0.6) is 0 Å². The van der Waals surface area contributed by atoms with Gasteiger partial charge in [0.15, 0.2) is 0 Å². The summed E-state index contributed by atoms with van der Waals surface area (Å²) in [5.41, 5.74) is 10.6. The molecule has 0 bridgehead atoms. The van der Waals surface area contributed by atoms with Crippen LogP contribution in [0.4, 0.5) is 0 Å². The highest BCUT2D eigenvalue weighted by atomic mass is 32.2. The molecule has 0 saturated carbocycles. The van der Waals surface area contributed by atoms with E-state index >= 15 is 0 Å². The number of hydrogen-bond donors (Lipinski definition) is 2. The van der Waals surface area contributed by atoms with Gasteiger partial charge in [-0.05, 0) is 38.2 Å². The zero-order valence-electron chi connectivity index (χ0n) is 12.2. The van der Waals surface area contributed by atoms with Gasteiger partial charge >= 0.3 is 0 Å². The first-order chi connectivity index (χ1) is 9.62. The molecule has 2 rings (SSSR count). The molecule has 2 aliphatic rings. The second-order valence-electron chi connectivity index (χ2n) is 5.76. The van der Waals surface area contributed by atoms with Crippen LogP contribution in [0.1, 0.15) is 13.8 Å². The predicted octanol–water partition coefficient (Wildman–Crippen LogP) is 1.86. The minimum Gasteiger partial charge on any atom is -0.319 e. The Bertz CT molecular complexity index is 659. The Balaban J connectivity index is 2.41. The Morgan fingerprint density at radius 1 is 0.810 bits per heavy atom. The topological polar surface area (TPSA) is 86.2 Å². The molecule has 112 valence electrons. The van der Waals surface area contributed by atoms with Crippen molar-refractivity contribution in [2.75, 3.05) is 0 Å². The first-order valence-corrected chi connectivity index (χ1v) is 8.11. The summed E-state index contributed by atoms with van der Waals surface area (Å²) in [6, 6.07) is 0. The van der Waals surface area contributed by atoms with Crippen molar-refractivity contribution in [3.05, 3.63) is 70.6 Å². The second kappa shape index (κ2) is 5.26. The summed E-state index contributed by atoms with van der Waals surface area (Å²) in [7, 11) is -3.60. The Kier molecular flexibility index (Phi) is 3.93. The van der Waals surface area contributed by atoms with Gasteiger partial charge < -0.3 is 11.5 Å². The van der Waals surface area contributed by atoms with Gasteiger partial charge in [0.05, 0.1) is 20.9 Å². The molecular weight excluding hydrogens is 284 g/mol. The lowest BCUT2D eigenvalue weighted by atomic mass is 10.0. The highest BCUT2D eigenvalue weighted by molar-refractivity contribution is 7.99. The van der Waals surface area contributed by atoms with Gasteiger partial charge in [-0.25, -0.2) is 8.42 Å². The van der Waals surface area contributed by atoms with E-state index in [-0.39, 0.29) is 9.81 Å². The minimum atomic E-state index is -3.60. The standard InChI is InChI=1S/C16H20N2O2S/c1-15(17)9-3-5-13(7-11-15)21(19,20)14-6-4-10-16(2,18)12-8-14/h3-12H,17-18H2,1-2H3. The molecule has 5 heteroatoms. The minimum absolute atomic E-state index is 0.206. The molecule has 0 aliphatic heterocycles. The van der Waals surface area contributed by atoms with E-state index in [4.69, 9.17) is 11.5 Å². The molecule has 0 fully saturated rings. The average molecular weight is 304 g/mol. The summed E-state index contributed by atoms with van der Waals surface area (Å²) in [6.07, 6.45) is 16.4. The van der Waals surface area contributed by atoms with Crippen LogP contribution in [-0.2, 0) is 9.84 Å². The summed E-state index contributed by atoms with van der Waals surface area (Å²) in [5.74, 6) is 0. The first kappa shape index (κ1) is 15.7. The van der Waals surface area contributed by atoms with E-state index < -0.39 is 20.9 Å². The SMILES string of the molecule is CC1(N)C=CC=C(S(=O)(=O)C2=CC=CC(C)(N)C=C2)C=C1. The van der Waals surface area contributed by atoms with Gasteiger partial charge in [-0.3, -0.25) is 0 Å². The molecule has 2 aliphatic carbocycles. The van der Waals surface area contributed by atoms with Crippen LogP contribution < -0.4 is 11.5 Å². The molecule has 0 spiro atoms. The van der Waals surface area contributed by atoms with E-state index in [9.17, 15) is 8.42 Å². The molecule has 0 aromatic carbocycles. The summed E-state index contributed by atoms with van der Waals surface area (Å²) in [6.45, 7) is 3.60. The van der Waals surface area contributed by atoms with Crippen molar-refractivity contribution in [2.45, 2.75) is 24.9 Å². The van der Waals surface area contributed by atoms with Crippen molar-refractivity contribution in [3.63, 3.8) is 0 Å². The van der Waals surface area contributed by atoms with Crippen molar-refractivity contribution < 1.29 is 8.42 Å². The van der Waals surface area contributed by atoms with E-state index in [1.54, 1.807) is 74.6 Å². The fraction of sp³-hybridized carbons (Fsp3) is 0.250. The van der Waals surface area contributed by atoms with Crippen LogP contribution in [0.15, 0.2) is 70.6 Å². The molecule has 0 heterocycles. The van der Waals surface area contributed by atoms with Crippen molar-refractivity contribution in [1.29, 1.82) is 0 Å². The Hall–Kier alpha value is -1.69. The molecule has 2 atom stereocenters. The maximum atomic E-state index is 12.7. The van der Waals surface area contributed by atoms with Gasteiger partial charge in [0, 0.05) is 0 Å². The normalized spacial score (nSPS) is 32.4. The summed E-state index contributed by atoms with van der Waals surface area (Å²) >= 11 is 0. The number of sulfone groups is 1. The molecule has 2 unspecified atom stereocenters. The third kappa shape index (κ3) is 3.69. The van der Waals surface area contributed by atoms with E-state index in [0.717, 1.165) is 0 Å². The monoisotopic (exact) mass is 304 g/mol. The second-order valence-corrected chi connectivity index (χ2v) is 7.71. The van der Waals surface area contributed by atoms with Gasteiger partial charge in [0.2, 0.25) is 9.84 Å². The van der Waals surface area contributed by atoms with Crippen molar-refractivity contribution in [1.82, 2.24) is 0 Å². The van der Waals surface area contributed by atoms with Crippen molar-refractivity contribution >= 4 is 9.84 Å². The van der Waals surface area contributed by atoms with Crippen molar-refractivity contribution in [3.8, 4) is 0 Å². The van der Waals surface area contributed by atoms with Gasteiger partial charge in [0.25, 0.3) is 0 Å². The molecule has 0 radical (unpaired) electrons. The Morgan fingerprint density at radius 3 is 1.57 bits per heavy atom. The van der Waals surface area contributed by atoms with E-state index in [1.807, 2.05) is 0 Å². The lowest BCUT2D eigenvalue weighted by molar-refractivity contribution is 0.609. The van der Waals surface area contributed by atoms with Gasteiger partial charge in [-0.15, -0.1) is 0 Å². The van der Waals surface area contributed by atoms with Crippen molar-refractivity contribution in [2.24, 2.45) is 11.5 Å². The van der Waals surface area contributed by atoms with Crippen LogP contribution in [0.25, 0.3) is 0 Å². The van der Waals surface area contributed by atoms with Gasteiger partial charge in [-0.1, -0.05) is 36.5 Å². The molecule has 21 heavy (non-hydrogen) atoms. The largest absolute Gasteiger partial charge is 0.319 e. The number of hydrogen-bond acceptors (Lipinski definition) is 4. The summed E-state index contributed by atoms with van der Waals surface area (Å²) < 4.78 is 25.4. The average Bonchev–Trinajstić information content (AvgIpc) is 2.64. The van der Waals surface area contributed by atoms with E-state index in [1.165, 1.54) is 0 Å². The first-order valence-electron chi connectivity index (χ1n) is 6.63. The number of nitrogens with two attached hydrogens (primary N) is 2. The van der Waals surface area contributed by atoms with Gasteiger partial charge in [0.1, 0.15) is 0 Å². The van der Waals surface area contributed by atoms with Crippen LogP contribution in [0, 0.1) is 0 Å². The third-order valence-electron chi connectivity index (χ3n) is 3.27. The maximum Gasteiger partial charge on any atom is 0.206 e. The summed E-state index contributed by atoms with van der Waals surface area (Å²) in [4.78, 5) is 0.413. The number of allylic oxidation sites excluding steroid dienone is 6. The quantitative estimate of drug-likeness (QED) is 0.815. The molecule has 0 aromatic heterocycles. The van der Waals surface area contributed by atoms with Crippen LogP contribution in [-0.4, -0.2) is 19.5 Å². The molecule has 0 aromatic rings. The zero-order chi connectivity index (χ0) is 15.7. The summed E-state index contributed by atoms with van der Waals surface area (Å²) in [5, 5.41) is 0. The van der Waals surface area contributed by atoms with Gasteiger partial charge in [-0.2, -0.15) is 0 Å². The molecular formula is C16H20N2O2S. The highest BCUT2D eigenvalue weighted by Crippen LogP contribution is 2.25. The third-order valence-corrected chi connectivity index (χ3v) is 5.05. The number of rotatable bonds is 2. The smallest absolute Gasteiger partial charge is 0.206 e. The van der Waals surface area contributed by atoms with E-state index in [0.29, 0.717) is 0 Å². The molecule has 0 amide bonds. The van der Waals surface area contributed by atoms with Crippen LogP contribution in [0.3, 0.4) is 0 Å².